The van der Waals surface area contributed by atoms with Crippen molar-refractivity contribution < 1.29 is 4.79 Å². The first kappa shape index (κ1) is 11.0. The number of anilines is 2. The van der Waals surface area contributed by atoms with Gasteiger partial charge in [-0.05, 0) is 30.9 Å². The summed E-state index contributed by atoms with van der Waals surface area (Å²) < 4.78 is 0. The molecule has 86 valence electrons. The third kappa shape index (κ3) is 2.18. The second-order valence-electron chi connectivity index (χ2n) is 4.51. The number of hydrogen-bond acceptors (Lipinski definition) is 2. The predicted molar refractivity (Wildman–Crippen MR) is 66.2 cm³/mol. The van der Waals surface area contributed by atoms with Crippen molar-refractivity contribution in [3.05, 3.63) is 24.3 Å². The Labute approximate surface area is 96.2 Å². The van der Waals surface area contributed by atoms with Crippen LogP contribution in [0.5, 0.6) is 0 Å². The van der Waals surface area contributed by atoms with Gasteiger partial charge >= 0.3 is 0 Å². The molecule has 1 amide bonds. The molecule has 1 aliphatic rings. The minimum Gasteiger partial charge on any atom is -0.397 e. The molecule has 2 N–H and O–H groups in total. The largest absolute Gasteiger partial charge is 0.397 e. The molecule has 16 heavy (non-hydrogen) atoms. The molecule has 1 aliphatic carbocycles. The van der Waals surface area contributed by atoms with Gasteiger partial charge in [0.2, 0.25) is 5.91 Å². The maximum Gasteiger partial charge on any atom is 0.227 e. The number of carbonyl (C=O) groups excluding carboxylic acids is 1. The van der Waals surface area contributed by atoms with Crippen LogP contribution in [0.3, 0.4) is 0 Å². The van der Waals surface area contributed by atoms with E-state index < -0.39 is 0 Å². The first-order valence-electron chi connectivity index (χ1n) is 5.79. The monoisotopic (exact) mass is 218 g/mol. The summed E-state index contributed by atoms with van der Waals surface area (Å²) in [6, 6.07) is 7.48. The van der Waals surface area contributed by atoms with Crippen LogP contribution in [0, 0.1) is 5.92 Å². The van der Waals surface area contributed by atoms with Crippen LogP contribution in [0.25, 0.3) is 0 Å². The smallest absolute Gasteiger partial charge is 0.227 e. The molecule has 0 heterocycles. The fourth-order valence-electron chi connectivity index (χ4n) is 2.01. The zero-order chi connectivity index (χ0) is 11.5. The number of hydrogen-bond donors (Lipinski definition) is 1. The van der Waals surface area contributed by atoms with Gasteiger partial charge in [-0.25, -0.2) is 0 Å². The van der Waals surface area contributed by atoms with E-state index in [4.69, 9.17) is 5.73 Å². The van der Waals surface area contributed by atoms with Crippen molar-refractivity contribution in [3.8, 4) is 0 Å². The summed E-state index contributed by atoms with van der Waals surface area (Å²) in [6.07, 6.45) is 4.33. The molecule has 0 spiro atoms. The van der Waals surface area contributed by atoms with Gasteiger partial charge < -0.3 is 10.6 Å². The highest BCUT2D eigenvalue weighted by molar-refractivity contribution is 5.95. The van der Waals surface area contributed by atoms with E-state index >= 15 is 0 Å². The van der Waals surface area contributed by atoms with Crippen molar-refractivity contribution in [3.63, 3.8) is 0 Å². The Morgan fingerprint density at radius 3 is 2.69 bits per heavy atom. The summed E-state index contributed by atoms with van der Waals surface area (Å²) in [6.45, 7) is 0. The lowest BCUT2D eigenvalue weighted by Crippen LogP contribution is -2.30. The molecule has 0 aromatic heterocycles. The molecule has 1 aromatic carbocycles. The second-order valence-corrected chi connectivity index (χ2v) is 4.51. The third-order valence-corrected chi connectivity index (χ3v) is 3.36. The number of para-hydroxylation sites is 2. The molecule has 1 aromatic rings. The Bertz CT molecular complexity index is 385. The van der Waals surface area contributed by atoms with Crippen molar-refractivity contribution in [1.82, 2.24) is 0 Å². The highest BCUT2D eigenvalue weighted by atomic mass is 16.2. The maximum absolute atomic E-state index is 12.0. The van der Waals surface area contributed by atoms with Crippen LogP contribution in [0.15, 0.2) is 24.3 Å². The van der Waals surface area contributed by atoms with Crippen LogP contribution in [0.1, 0.15) is 25.7 Å². The van der Waals surface area contributed by atoms with Crippen LogP contribution in [0.4, 0.5) is 11.4 Å². The number of amides is 1. The zero-order valence-corrected chi connectivity index (χ0v) is 9.65. The second kappa shape index (κ2) is 4.56. The Morgan fingerprint density at radius 1 is 1.44 bits per heavy atom. The fraction of sp³-hybridized carbons (Fsp3) is 0.462. The van der Waals surface area contributed by atoms with Crippen molar-refractivity contribution in [2.45, 2.75) is 25.7 Å². The average molecular weight is 218 g/mol. The van der Waals surface area contributed by atoms with Crippen LogP contribution < -0.4 is 10.6 Å². The number of nitrogen functional groups attached to an aromatic ring is 1. The molecule has 2 rings (SSSR count). The molecule has 0 radical (unpaired) electrons. The van der Waals surface area contributed by atoms with Gasteiger partial charge in [0.25, 0.3) is 0 Å². The Balaban J connectivity index is 2.03. The molecule has 0 saturated heterocycles. The van der Waals surface area contributed by atoms with Gasteiger partial charge in [0.15, 0.2) is 0 Å². The van der Waals surface area contributed by atoms with E-state index in [1.807, 2.05) is 24.3 Å². The quantitative estimate of drug-likeness (QED) is 0.792. The molecule has 0 unspecified atom stereocenters. The van der Waals surface area contributed by atoms with E-state index in [1.54, 1.807) is 11.9 Å². The van der Waals surface area contributed by atoms with Crippen molar-refractivity contribution in [2.24, 2.45) is 5.92 Å². The van der Waals surface area contributed by atoms with E-state index in [1.165, 1.54) is 19.3 Å². The van der Waals surface area contributed by atoms with Gasteiger partial charge in [-0.1, -0.05) is 18.6 Å². The number of rotatable bonds is 3. The van der Waals surface area contributed by atoms with Crippen molar-refractivity contribution in [2.75, 3.05) is 17.7 Å². The van der Waals surface area contributed by atoms with Gasteiger partial charge in [0.05, 0.1) is 11.4 Å². The molecule has 0 atom stereocenters. The SMILES string of the molecule is CN(C(=O)CC1CCC1)c1ccccc1N. The summed E-state index contributed by atoms with van der Waals surface area (Å²) in [5.74, 6) is 0.766. The number of carbonyl (C=O) groups is 1. The minimum atomic E-state index is 0.169. The van der Waals surface area contributed by atoms with Crippen LogP contribution in [-0.4, -0.2) is 13.0 Å². The van der Waals surface area contributed by atoms with Crippen LogP contribution >= 0.6 is 0 Å². The van der Waals surface area contributed by atoms with E-state index in [0.717, 1.165) is 5.69 Å². The Kier molecular flexibility index (Phi) is 3.13. The van der Waals surface area contributed by atoms with Gasteiger partial charge in [-0.15, -0.1) is 0 Å². The van der Waals surface area contributed by atoms with Gasteiger partial charge in [-0.2, -0.15) is 0 Å². The lowest BCUT2D eigenvalue weighted by atomic mass is 9.82. The molecular formula is C13H18N2O. The zero-order valence-electron chi connectivity index (χ0n) is 9.65. The highest BCUT2D eigenvalue weighted by Crippen LogP contribution is 2.31. The number of benzene rings is 1. The Morgan fingerprint density at radius 2 is 2.12 bits per heavy atom. The standard InChI is InChI=1S/C13H18N2O/c1-15(12-8-3-2-7-11(12)14)13(16)9-10-5-4-6-10/h2-3,7-8,10H,4-6,9,14H2,1H3. The maximum atomic E-state index is 12.0. The third-order valence-electron chi connectivity index (χ3n) is 3.36. The topological polar surface area (TPSA) is 46.3 Å². The molecule has 0 aliphatic heterocycles. The van der Waals surface area contributed by atoms with E-state index in [0.29, 0.717) is 18.0 Å². The molecule has 0 bridgehead atoms. The average Bonchev–Trinajstić information content (AvgIpc) is 2.23. The Hall–Kier alpha value is -1.51. The molecule has 3 heteroatoms. The highest BCUT2D eigenvalue weighted by Gasteiger charge is 2.23. The summed E-state index contributed by atoms with van der Waals surface area (Å²) >= 11 is 0. The van der Waals surface area contributed by atoms with Gasteiger partial charge in [-0.3, -0.25) is 4.79 Å². The van der Waals surface area contributed by atoms with Crippen molar-refractivity contribution >= 4 is 17.3 Å². The summed E-state index contributed by atoms with van der Waals surface area (Å²) in [4.78, 5) is 13.6. The number of nitrogens with zero attached hydrogens (tertiary/aromatic N) is 1. The van der Waals surface area contributed by atoms with Crippen LogP contribution in [-0.2, 0) is 4.79 Å². The summed E-state index contributed by atoms with van der Waals surface area (Å²) in [5, 5.41) is 0. The normalized spacial score (nSPS) is 15.6. The van der Waals surface area contributed by atoms with Gasteiger partial charge in [0, 0.05) is 13.5 Å². The van der Waals surface area contributed by atoms with E-state index in [-0.39, 0.29) is 5.91 Å². The molecular weight excluding hydrogens is 200 g/mol. The summed E-state index contributed by atoms with van der Waals surface area (Å²) in [7, 11) is 1.80. The first-order valence-corrected chi connectivity index (χ1v) is 5.79. The lowest BCUT2D eigenvalue weighted by Gasteiger charge is -2.27. The van der Waals surface area contributed by atoms with E-state index in [9.17, 15) is 4.79 Å². The molecule has 1 fully saturated rings. The summed E-state index contributed by atoms with van der Waals surface area (Å²) in [5.41, 5.74) is 7.31. The minimum absolute atomic E-state index is 0.169. The fourth-order valence-corrected chi connectivity index (χ4v) is 2.01. The molecule has 1 saturated carbocycles. The first-order chi connectivity index (χ1) is 7.68. The van der Waals surface area contributed by atoms with Gasteiger partial charge in [0.1, 0.15) is 0 Å². The van der Waals surface area contributed by atoms with Crippen LogP contribution in [0.2, 0.25) is 0 Å². The van der Waals surface area contributed by atoms with E-state index in [2.05, 4.69) is 0 Å². The van der Waals surface area contributed by atoms with Crippen molar-refractivity contribution in [1.29, 1.82) is 0 Å². The molecule has 3 nitrogen and oxygen atoms in total. The lowest BCUT2D eigenvalue weighted by molar-refractivity contribution is -0.119. The predicted octanol–water partition coefficient (Wildman–Crippen LogP) is 2.42. The number of nitrogens with two attached hydrogens (primary N) is 1.